The van der Waals surface area contributed by atoms with Crippen LogP contribution >= 0.6 is 45.8 Å². The molecule has 0 aliphatic carbocycles. The van der Waals surface area contributed by atoms with E-state index >= 15 is 0 Å². The van der Waals surface area contributed by atoms with Gasteiger partial charge < -0.3 is 0 Å². The third-order valence-electron chi connectivity index (χ3n) is 2.04. The SMILES string of the molecule is O=c1c2cc(Cl)cc(Cl)c2nnn1CC#CI. The van der Waals surface area contributed by atoms with E-state index in [-0.39, 0.29) is 12.1 Å². The van der Waals surface area contributed by atoms with Crippen LogP contribution in [0.4, 0.5) is 0 Å². The number of nitrogens with zero attached hydrogens (tertiary/aromatic N) is 3. The van der Waals surface area contributed by atoms with Crippen LogP contribution in [-0.2, 0) is 6.54 Å². The van der Waals surface area contributed by atoms with Gasteiger partial charge in [-0.1, -0.05) is 34.3 Å². The smallest absolute Gasteiger partial charge is 0.267 e. The molecule has 86 valence electrons. The van der Waals surface area contributed by atoms with Crippen molar-refractivity contribution in [2.45, 2.75) is 6.54 Å². The van der Waals surface area contributed by atoms with Crippen LogP contribution in [0.2, 0.25) is 10.0 Å². The van der Waals surface area contributed by atoms with Crippen LogP contribution < -0.4 is 5.56 Å². The zero-order valence-corrected chi connectivity index (χ0v) is 11.9. The van der Waals surface area contributed by atoms with Crippen molar-refractivity contribution >= 4 is 56.7 Å². The fourth-order valence-electron chi connectivity index (χ4n) is 1.32. The summed E-state index contributed by atoms with van der Waals surface area (Å²) < 4.78 is 3.82. The average Bonchev–Trinajstić information content (AvgIpc) is 2.29. The Labute approximate surface area is 120 Å². The molecular formula is C10H4Cl2IN3O. The first-order valence-electron chi connectivity index (χ1n) is 4.44. The number of hydrogen-bond donors (Lipinski definition) is 0. The molecule has 0 aliphatic rings. The molecule has 0 N–H and O–H groups in total. The molecule has 2 rings (SSSR count). The molecule has 0 radical (unpaired) electrons. The lowest BCUT2D eigenvalue weighted by Gasteiger charge is -2.02. The van der Waals surface area contributed by atoms with Crippen molar-refractivity contribution in [3.8, 4) is 9.85 Å². The molecule has 0 unspecified atom stereocenters. The van der Waals surface area contributed by atoms with Gasteiger partial charge >= 0.3 is 0 Å². The third-order valence-corrected chi connectivity index (χ3v) is 2.93. The van der Waals surface area contributed by atoms with Gasteiger partial charge in [0.25, 0.3) is 5.56 Å². The summed E-state index contributed by atoms with van der Waals surface area (Å²) in [7, 11) is 0. The summed E-state index contributed by atoms with van der Waals surface area (Å²) in [5, 5.41) is 8.68. The highest BCUT2D eigenvalue weighted by atomic mass is 127. The van der Waals surface area contributed by atoms with Gasteiger partial charge in [0.05, 0.1) is 10.4 Å². The topological polar surface area (TPSA) is 47.8 Å². The minimum Gasteiger partial charge on any atom is -0.267 e. The van der Waals surface area contributed by atoms with Gasteiger partial charge in [0, 0.05) is 27.6 Å². The van der Waals surface area contributed by atoms with Gasteiger partial charge in [0.1, 0.15) is 12.1 Å². The van der Waals surface area contributed by atoms with E-state index in [9.17, 15) is 4.79 Å². The normalized spacial score (nSPS) is 10.1. The Bertz CT molecular complexity index is 702. The molecule has 1 aromatic heterocycles. The van der Waals surface area contributed by atoms with Gasteiger partial charge in [0.15, 0.2) is 0 Å². The third kappa shape index (κ3) is 2.54. The quantitative estimate of drug-likeness (QED) is 0.565. The molecule has 0 bridgehead atoms. The van der Waals surface area contributed by atoms with E-state index in [1.54, 1.807) is 0 Å². The van der Waals surface area contributed by atoms with Crippen molar-refractivity contribution in [1.29, 1.82) is 0 Å². The standard InChI is InChI=1S/C10H4Cl2IN3O/c11-6-4-7-9(8(12)5-6)14-15-16(10(7)17)3-1-2-13/h4-5H,3H2. The van der Waals surface area contributed by atoms with Crippen molar-refractivity contribution in [2.24, 2.45) is 0 Å². The van der Waals surface area contributed by atoms with Gasteiger partial charge in [-0.05, 0) is 16.1 Å². The summed E-state index contributed by atoms with van der Waals surface area (Å²) in [6.07, 6.45) is 0. The van der Waals surface area contributed by atoms with Gasteiger partial charge in [-0.15, -0.1) is 5.10 Å². The fraction of sp³-hybridized carbons (Fsp3) is 0.100. The molecule has 0 saturated heterocycles. The van der Waals surface area contributed by atoms with E-state index in [2.05, 4.69) is 20.2 Å². The van der Waals surface area contributed by atoms with E-state index < -0.39 is 0 Å². The summed E-state index contributed by atoms with van der Waals surface area (Å²) in [5.41, 5.74) is 0.0401. The Balaban J connectivity index is 2.73. The zero-order chi connectivity index (χ0) is 12.4. The lowest BCUT2D eigenvalue weighted by Crippen LogP contribution is -2.23. The van der Waals surface area contributed by atoms with Crippen LogP contribution in [0.15, 0.2) is 16.9 Å². The Morgan fingerprint density at radius 2 is 2.18 bits per heavy atom. The second-order valence-electron chi connectivity index (χ2n) is 3.11. The molecule has 1 aromatic carbocycles. The fourth-order valence-corrected chi connectivity index (χ4v) is 2.02. The Morgan fingerprint density at radius 3 is 2.88 bits per heavy atom. The summed E-state index contributed by atoms with van der Waals surface area (Å²) >= 11 is 13.7. The Morgan fingerprint density at radius 1 is 1.41 bits per heavy atom. The van der Waals surface area contributed by atoms with Gasteiger partial charge in [-0.2, -0.15) is 4.68 Å². The maximum atomic E-state index is 12.0. The van der Waals surface area contributed by atoms with E-state index in [1.165, 1.54) is 16.8 Å². The molecular weight excluding hydrogens is 376 g/mol. The monoisotopic (exact) mass is 379 g/mol. The number of aromatic nitrogens is 3. The summed E-state index contributed by atoms with van der Waals surface area (Å²) in [5.74, 6) is 2.73. The first kappa shape index (κ1) is 12.6. The van der Waals surface area contributed by atoms with Crippen LogP contribution in [0.3, 0.4) is 0 Å². The molecule has 0 atom stereocenters. The molecule has 0 fully saturated rings. The maximum absolute atomic E-state index is 12.0. The lowest BCUT2D eigenvalue weighted by atomic mass is 10.2. The van der Waals surface area contributed by atoms with E-state index in [0.29, 0.717) is 20.9 Å². The highest BCUT2D eigenvalue weighted by Crippen LogP contribution is 2.23. The minimum atomic E-state index is -0.307. The summed E-state index contributed by atoms with van der Waals surface area (Å²) in [4.78, 5) is 12.0. The summed E-state index contributed by atoms with van der Waals surface area (Å²) in [6.45, 7) is 0.189. The van der Waals surface area contributed by atoms with Crippen molar-refractivity contribution in [1.82, 2.24) is 15.0 Å². The van der Waals surface area contributed by atoms with Crippen molar-refractivity contribution in [3.05, 3.63) is 32.5 Å². The number of fused-ring (bicyclic) bond motifs is 1. The largest absolute Gasteiger partial charge is 0.278 e. The van der Waals surface area contributed by atoms with Crippen molar-refractivity contribution in [3.63, 3.8) is 0 Å². The summed E-state index contributed by atoms with van der Waals surface area (Å²) in [6, 6.07) is 3.04. The second kappa shape index (κ2) is 5.21. The minimum absolute atomic E-state index is 0.189. The van der Waals surface area contributed by atoms with Crippen LogP contribution in [0.1, 0.15) is 0 Å². The number of halogens is 3. The van der Waals surface area contributed by atoms with E-state index in [0.717, 1.165) is 0 Å². The van der Waals surface area contributed by atoms with Gasteiger partial charge in [-0.3, -0.25) is 4.79 Å². The molecule has 0 spiro atoms. The molecule has 0 aliphatic heterocycles. The number of benzene rings is 1. The van der Waals surface area contributed by atoms with Gasteiger partial charge in [-0.25, -0.2) is 0 Å². The van der Waals surface area contributed by atoms with E-state index in [1.807, 2.05) is 22.6 Å². The molecule has 4 nitrogen and oxygen atoms in total. The lowest BCUT2D eigenvalue weighted by molar-refractivity contribution is 0.620. The molecule has 1 heterocycles. The molecule has 2 aromatic rings. The predicted molar refractivity (Wildman–Crippen MR) is 75.6 cm³/mol. The second-order valence-corrected chi connectivity index (χ2v) is 4.49. The van der Waals surface area contributed by atoms with Crippen LogP contribution in [0.25, 0.3) is 10.9 Å². The Kier molecular flexibility index (Phi) is 3.86. The van der Waals surface area contributed by atoms with Gasteiger partial charge in [0.2, 0.25) is 0 Å². The number of hydrogen-bond acceptors (Lipinski definition) is 3. The highest BCUT2D eigenvalue weighted by Gasteiger charge is 2.09. The molecule has 17 heavy (non-hydrogen) atoms. The van der Waals surface area contributed by atoms with E-state index in [4.69, 9.17) is 23.2 Å². The molecule has 0 saturated carbocycles. The van der Waals surface area contributed by atoms with Crippen LogP contribution in [0, 0.1) is 9.85 Å². The zero-order valence-electron chi connectivity index (χ0n) is 8.25. The first-order chi connectivity index (χ1) is 8.13. The molecule has 0 amide bonds. The van der Waals surface area contributed by atoms with Crippen molar-refractivity contribution in [2.75, 3.05) is 0 Å². The number of rotatable bonds is 1. The molecule has 7 heteroatoms. The van der Waals surface area contributed by atoms with Crippen molar-refractivity contribution < 1.29 is 0 Å². The average molecular weight is 380 g/mol. The van der Waals surface area contributed by atoms with Crippen LogP contribution in [0.5, 0.6) is 0 Å². The highest BCUT2D eigenvalue weighted by molar-refractivity contribution is 14.1. The Hall–Kier alpha value is -0.840. The van der Waals surface area contributed by atoms with Crippen LogP contribution in [-0.4, -0.2) is 15.0 Å². The first-order valence-corrected chi connectivity index (χ1v) is 6.28. The maximum Gasteiger partial charge on any atom is 0.278 e. The predicted octanol–water partition coefficient (Wildman–Crippen LogP) is 2.49.